The van der Waals surface area contributed by atoms with Gasteiger partial charge in [0.15, 0.2) is 12.3 Å². The van der Waals surface area contributed by atoms with E-state index in [0.717, 1.165) is 18.8 Å². The highest BCUT2D eigenvalue weighted by Gasteiger charge is 2.29. The average molecular weight is 199 g/mol. The van der Waals surface area contributed by atoms with Crippen LogP contribution in [0.1, 0.15) is 27.7 Å². The van der Waals surface area contributed by atoms with E-state index >= 15 is 0 Å². The minimum atomic E-state index is -0.414. The summed E-state index contributed by atoms with van der Waals surface area (Å²) in [7, 11) is 0. The number of carbonyl (C=O) groups is 1. The van der Waals surface area contributed by atoms with Gasteiger partial charge in [-0.15, -0.1) is 4.58 Å². The summed E-state index contributed by atoms with van der Waals surface area (Å²) in [5.74, 6) is 0. The van der Waals surface area contributed by atoms with Crippen LogP contribution in [-0.4, -0.2) is 41.6 Å². The third-order valence-electron chi connectivity index (χ3n) is 1.97. The van der Waals surface area contributed by atoms with Crippen LogP contribution in [-0.2, 0) is 4.74 Å². The SMILES string of the molecule is CC1=[N+](C(=O)OC(C)(C)C)CCNC1. The normalized spacial score (nSPS) is 18.3. The number of hydrogen-bond acceptors (Lipinski definition) is 3. The molecule has 0 aromatic carbocycles. The van der Waals surface area contributed by atoms with E-state index in [4.69, 9.17) is 4.74 Å². The van der Waals surface area contributed by atoms with Crippen molar-refractivity contribution in [1.82, 2.24) is 5.32 Å². The third-order valence-corrected chi connectivity index (χ3v) is 1.97. The van der Waals surface area contributed by atoms with E-state index in [1.165, 1.54) is 0 Å². The molecule has 80 valence electrons. The molecule has 0 unspecified atom stereocenters. The Hall–Kier alpha value is -0.900. The average Bonchev–Trinajstić information content (AvgIpc) is 2.01. The molecule has 0 saturated heterocycles. The molecule has 1 heterocycles. The second kappa shape index (κ2) is 4.09. The molecular weight excluding hydrogens is 180 g/mol. The van der Waals surface area contributed by atoms with Crippen molar-refractivity contribution in [2.75, 3.05) is 19.6 Å². The van der Waals surface area contributed by atoms with Gasteiger partial charge in [-0.3, -0.25) is 0 Å². The van der Waals surface area contributed by atoms with Gasteiger partial charge in [0.1, 0.15) is 5.60 Å². The lowest BCUT2D eigenvalue weighted by Crippen LogP contribution is -2.44. The van der Waals surface area contributed by atoms with Gasteiger partial charge >= 0.3 is 6.09 Å². The monoisotopic (exact) mass is 199 g/mol. The van der Waals surface area contributed by atoms with Gasteiger partial charge in [-0.05, 0) is 20.8 Å². The highest BCUT2D eigenvalue weighted by molar-refractivity contribution is 5.83. The molecule has 0 saturated carbocycles. The molecule has 4 nitrogen and oxygen atoms in total. The van der Waals surface area contributed by atoms with Crippen molar-refractivity contribution in [2.24, 2.45) is 0 Å². The number of amides is 1. The van der Waals surface area contributed by atoms with Crippen molar-refractivity contribution >= 4 is 11.8 Å². The molecule has 1 aliphatic rings. The van der Waals surface area contributed by atoms with Crippen LogP contribution >= 0.6 is 0 Å². The lowest BCUT2D eigenvalue weighted by molar-refractivity contribution is -0.454. The van der Waals surface area contributed by atoms with Crippen molar-refractivity contribution < 1.29 is 14.1 Å². The molecule has 0 aromatic heterocycles. The zero-order valence-corrected chi connectivity index (χ0v) is 9.39. The van der Waals surface area contributed by atoms with Gasteiger partial charge < -0.3 is 10.1 Å². The van der Waals surface area contributed by atoms with Crippen LogP contribution in [0.5, 0.6) is 0 Å². The van der Waals surface area contributed by atoms with Crippen molar-refractivity contribution in [3.8, 4) is 0 Å². The Balaban J connectivity index is 2.69. The van der Waals surface area contributed by atoms with Crippen LogP contribution in [0.15, 0.2) is 0 Å². The van der Waals surface area contributed by atoms with Gasteiger partial charge in [-0.25, -0.2) is 0 Å². The molecule has 4 heteroatoms. The van der Waals surface area contributed by atoms with Crippen LogP contribution < -0.4 is 5.32 Å². The Morgan fingerprint density at radius 3 is 2.64 bits per heavy atom. The van der Waals surface area contributed by atoms with Crippen LogP contribution in [0.2, 0.25) is 0 Å². The number of rotatable bonds is 0. The lowest BCUT2D eigenvalue weighted by Gasteiger charge is -2.19. The number of ether oxygens (including phenoxy) is 1. The molecule has 0 aromatic rings. The molecule has 0 atom stereocenters. The van der Waals surface area contributed by atoms with E-state index in [9.17, 15) is 4.79 Å². The van der Waals surface area contributed by atoms with Crippen LogP contribution in [0.25, 0.3) is 0 Å². The van der Waals surface area contributed by atoms with Crippen molar-refractivity contribution in [1.29, 1.82) is 0 Å². The van der Waals surface area contributed by atoms with Gasteiger partial charge in [0.05, 0.1) is 13.1 Å². The molecule has 1 amide bonds. The zero-order chi connectivity index (χ0) is 10.8. The second-order valence-electron chi connectivity index (χ2n) is 4.54. The Kier molecular flexibility index (Phi) is 3.26. The quantitative estimate of drug-likeness (QED) is 0.592. The van der Waals surface area contributed by atoms with Crippen LogP contribution in [0, 0.1) is 0 Å². The maximum atomic E-state index is 11.7. The number of hydrogen-bond donors (Lipinski definition) is 1. The Morgan fingerprint density at radius 2 is 2.14 bits per heavy atom. The van der Waals surface area contributed by atoms with Crippen molar-refractivity contribution in [2.45, 2.75) is 33.3 Å². The van der Waals surface area contributed by atoms with E-state index in [1.807, 2.05) is 27.7 Å². The lowest BCUT2D eigenvalue weighted by atomic mass is 10.2. The van der Waals surface area contributed by atoms with Gasteiger partial charge in [0, 0.05) is 6.92 Å². The van der Waals surface area contributed by atoms with E-state index in [0.29, 0.717) is 6.54 Å². The predicted octanol–water partition coefficient (Wildman–Crippen LogP) is 0.998. The topological polar surface area (TPSA) is 41.3 Å². The van der Waals surface area contributed by atoms with E-state index < -0.39 is 5.60 Å². The fourth-order valence-electron chi connectivity index (χ4n) is 1.31. The first-order chi connectivity index (χ1) is 6.40. The Morgan fingerprint density at radius 1 is 1.50 bits per heavy atom. The summed E-state index contributed by atoms with van der Waals surface area (Å²) in [6, 6.07) is 0. The van der Waals surface area contributed by atoms with Gasteiger partial charge in [0.2, 0.25) is 0 Å². The zero-order valence-electron chi connectivity index (χ0n) is 9.39. The van der Waals surface area contributed by atoms with Gasteiger partial charge in [-0.2, -0.15) is 4.79 Å². The van der Waals surface area contributed by atoms with Gasteiger partial charge in [0.25, 0.3) is 0 Å². The molecule has 0 radical (unpaired) electrons. The standard InChI is InChI=1S/C10H19N2O2/c1-8-7-11-5-6-12(8)9(13)14-10(2,3)4/h11H,5-7H2,1-4H3/q+1. The largest absolute Gasteiger partial charge is 0.596 e. The molecule has 0 bridgehead atoms. The molecule has 0 aliphatic carbocycles. The highest BCUT2D eigenvalue weighted by Crippen LogP contribution is 2.08. The highest BCUT2D eigenvalue weighted by atomic mass is 16.6. The van der Waals surface area contributed by atoms with Crippen LogP contribution in [0.3, 0.4) is 0 Å². The fourth-order valence-corrected chi connectivity index (χ4v) is 1.31. The fraction of sp³-hybridized carbons (Fsp3) is 0.800. The molecule has 14 heavy (non-hydrogen) atoms. The molecule has 1 N–H and O–H groups in total. The maximum Gasteiger partial charge on any atom is 0.596 e. The first kappa shape index (κ1) is 11.2. The Bertz CT molecular complexity index is 264. The second-order valence-corrected chi connectivity index (χ2v) is 4.54. The van der Waals surface area contributed by atoms with E-state index in [-0.39, 0.29) is 6.09 Å². The summed E-state index contributed by atoms with van der Waals surface area (Å²) in [6.07, 6.45) is -0.239. The van der Waals surface area contributed by atoms with E-state index in [1.54, 1.807) is 4.58 Å². The summed E-state index contributed by atoms with van der Waals surface area (Å²) in [5, 5.41) is 3.20. The molecule has 1 rings (SSSR count). The maximum absolute atomic E-state index is 11.7. The molecule has 1 aliphatic heterocycles. The molecule has 0 spiro atoms. The summed E-state index contributed by atoms with van der Waals surface area (Å²) in [6.45, 7) is 9.86. The Labute approximate surface area is 84.9 Å². The minimum absolute atomic E-state index is 0.239. The summed E-state index contributed by atoms with van der Waals surface area (Å²) in [4.78, 5) is 11.7. The first-order valence-corrected chi connectivity index (χ1v) is 4.94. The van der Waals surface area contributed by atoms with Crippen molar-refractivity contribution in [3.05, 3.63) is 0 Å². The summed E-state index contributed by atoms with van der Waals surface area (Å²) < 4.78 is 6.98. The molecular formula is C10H19N2O2+. The van der Waals surface area contributed by atoms with Gasteiger partial charge in [-0.1, -0.05) is 0 Å². The third kappa shape index (κ3) is 3.10. The minimum Gasteiger partial charge on any atom is -0.406 e. The number of nitrogens with zero attached hydrogens (tertiary/aromatic N) is 1. The summed E-state index contributed by atoms with van der Waals surface area (Å²) >= 11 is 0. The van der Waals surface area contributed by atoms with E-state index in [2.05, 4.69) is 5.32 Å². The molecule has 0 fully saturated rings. The predicted molar refractivity (Wildman–Crippen MR) is 54.9 cm³/mol. The smallest absolute Gasteiger partial charge is 0.406 e. The van der Waals surface area contributed by atoms with Crippen LogP contribution in [0.4, 0.5) is 4.79 Å². The van der Waals surface area contributed by atoms with Crippen molar-refractivity contribution in [3.63, 3.8) is 0 Å². The number of carbonyl (C=O) groups excluding carboxylic acids is 1. The summed E-state index contributed by atoms with van der Waals surface area (Å²) in [5.41, 5.74) is 0.605. The first-order valence-electron chi connectivity index (χ1n) is 4.94. The number of nitrogens with one attached hydrogen (secondary N) is 1.